The number of hydrogen-bond acceptors (Lipinski definition) is 3. The minimum atomic E-state index is -0.216. The maximum atomic E-state index is 14.4. The largest absolute Gasteiger partial charge is 0.493 e. The number of nitrogens with one attached hydrogen (secondary N) is 1. The molecule has 3 atom stereocenters. The maximum Gasteiger partial charge on any atom is 0.163 e. The Bertz CT molecular complexity index is 495. The molecule has 2 aliphatic rings. The van der Waals surface area contributed by atoms with E-state index in [-0.39, 0.29) is 11.9 Å². The molecule has 2 aliphatic carbocycles. The van der Waals surface area contributed by atoms with Crippen LogP contribution in [0.25, 0.3) is 0 Å². The SMILES string of the molecule is CNC(c1cc(OC)c(OC)cc1F)C1C2CCCC21. The summed E-state index contributed by atoms with van der Waals surface area (Å²) in [6, 6.07) is 3.28. The molecule has 3 unspecified atom stereocenters. The molecule has 2 saturated carbocycles. The van der Waals surface area contributed by atoms with Crippen LogP contribution >= 0.6 is 0 Å². The first-order chi connectivity index (χ1) is 9.71. The molecule has 0 aromatic heterocycles. The molecular formula is C16H22FNO2. The number of hydrogen-bond donors (Lipinski definition) is 1. The first-order valence-electron chi connectivity index (χ1n) is 7.30. The van der Waals surface area contributed by atoms with Gasteiger partial charge in [-0.3, -0.25) is 0 Å². The molecule has 0 bridgehead atoms. The lowest BCUT2D eigenvalue weighted by atomic mass is 9.96. The van der Waals surface area contributed by atoms with E-state index >= 15 is 0 Å². The van der Waals surface area contributed by atoms with Crippen molar-refractivity contribution < 1.29 is 13.9 Å². The molecule has 0 saturated heterocycles. The topological polar surface area (TPSA) is 30.5 Å². The van der Waals surface area contributed by atoms with Crippen LogP contribution in [0.5, 0.6) is 11.5 Å². The molecule has 1 N–H and O–H groups in total. The van der Waals surface area contributed by atoms with Gasteiger partial charge < -0.3 is 14.8 Å². The minimum Gasteiger partial charge on any atom is -0.493 e. The van der Waals surface area contributed by atoms with Gasteiger partial charge in [-0.15, -0.1) is 0 Å². The molecule has 0 heterocycles. The molecule has 0 radical (unpaired) electrons. The number of rotatable bonds is 5. The van der Waals surface area contributed by atoms with E-state index in [4.69, 9.17) is 9.47 Å². The van der Waals surface area contributed by atoms with Crippen molar-refractivity contribution in [3.63, 3.8) is 0 Å². The predicted molar refractivity (Wildman–Crippen MR) is 75.6 cm³/mol. The highest BCUT2D eigenvalue weighted by Gasteiger charge is 2.56. The van der Waals surface area contributed by atoms with Crippen LogP contribution in [0.3, 0.4) is 0 Å². The van der Waals surface area contributed by atoms with Gasteiger partial charge in [0.25, 0.3) is 0 Å². The highest BCUT2D eigenvalue weighted by Crippen LogP contribution is 2.62. The third kappa shape index (κ3) is 2.06. The van der Waals surface area contributed by atoms with E-state index in [1.165, 1.54) is 32.4 Å². The Morgan fingerprint density at radius 1 is 1.15 bits per heavy atom. The van der Waals surface area contributed by atoms with Gasteiger partial charge in [0.15, 0.2) is 11.5 Å². The molecule has 110 valence electrons. The molecule has 0 amide bonds. The lowest BCUT2D eigenvalue weighted by Gasteiger charge is -2.21. The number of ether oxygens (including phenoxy) is 2. The van der Waals surface area contributed by atoms with Crippen LogP contribution < -0.4 is 14.8 Å². The van der Waals surface area contributed by atoms with Crippen molar-refractivity contribution >= 4 is 0 Å². The summed E-state index contributed by atoms with van der Waals surface area (Å²) in [6.07, 6.45) is 3.92. The minimum absolute atomic E-state index is 0.0742. The smallest absolute Gasteiger partial charge is 0.163 e. The number of benzene rings is 1. The molecule has 3 rings (SSSR count). The molecule has 4 heteroatoms. The van der Waals surface area contributed by atoms with E-state index < -0.39 is 0 Å². The predicted octanol–water partition coefficient (Wildman–Crippen LogP) is 3.15. The second-order valence-corrected chi connectivity index (χ2v) is 5.83. The van der Waals surface area contributed by atoms with E-state index in [1.54, 1.807) is 13.2 Å². The van der Waals surface area contributed by atoms with Crippen LogP contribution in [0.1, 0.15) is 30.9 Å². The summed E-state index contributed by atoms with van der Waals surface area (Å²) in [6.45, 7) is 0. The van der Waals surface area contributed by atoms with Gasteiger partial charge in [0.2, 0.25) is 0 Å². The number of halogens is 1. The van der Waals surface area contributed by atoms with Gasteiger partial charge in [0.1, 0.15) is 5.82 Å². The summed E-state index contributed by atoms with van der Waals surface area (Å²) in [5.41, 5.74) is 0.699. The van der Waals surface area contributed by atoms with Gasteiger partial charge in [0, 0.05) is 17.7 Å². The van der Waals surface area contributed by atoms with Crippen molar-refractivity contribution in [2.45, 2.75) is 25.3 Å². The lowest BCUT2D eigenvalue weighted by Crippen LogP contribution is -2.22. The summed E-state index contributed by atoms with van der Waals surface area (Å²) in [4.78, 5) is 0. The standard InChI is InChI=1S/C16H22FNO2/c1-18-16(15-9-5-4-6-10(9)15)11-7-13(19-2)14(20-3)8-12(11)17/h7-10,15-16,18H,4-6H2,1-3H3. The van der Waals surface area contributed by atoms with E-state index in [0.29, 0.717) is 23.0 Å². The Morgan fingerprint density at radius 2 is 1.75 bits per heavy atom. The zero-order chi connectivity index (χ0) is 14.3. The van der Waals surface area contributed by atoms with Crippen molar-refractivity contribution in [2.75, 3.05) is 21.3 Å². The second kappa shape index (κ2) is 5.24. The highest BCUT2D eigenvalue weighted by atomic mass is 19.1. The summed E-state index contributed by atoms with van der Waals surface area (Å²) in [5, 5.41) is 3.30. The summed E-state index contributed by atoms with van der Waals surface area (Å²) in [5.74, 6) is 2.95. The molecule has 20 heavy (non-hydrogen) atoms. The molecule has 3 nitrogen and oxygen atoms in total. The lowest BCUT2D eigenvalue weighted by molar-refractivity contribution is 0.348. The van der Waals surface area contributed by atoms with E-state index in [0.717, 1.165) is 11.8 Å². The summed E-state index contributed by atoms with van der Waals surface area (Å²) < 4.78 is 24.8. The zero-order valence-corrected chi connectivity index (χ0v) is 12.3. The van der Waals surface area contributed by atoms with Gasteiger partial charge in [-0.1, -0.05) is 6.42 Å². The fraction of sp³-hybridized carbons (Fsp3) is 0.625. The van der Waals surface area contributed by atoms with Crippen molar-refractivity contribution in [1.82, 2.24) is 5.32 Å². The Kier molecular flexibility index (Phi) is 3.59. The molecule has 1 aromatic carbocycles. The van der Waals surface area contributed by atoms with Crippen molar-refractivity contribution in [3.8, 4) is 11.5 Å². The Morgan fingerprint density at radius 3 is 2.30 bits per heavy atom. The van der Waals surface area contributed by atoms with E-state index in [1.807, 2.05) is 7.05 Å². The first-order valence-corrected chi connectivity index (χ1v) is 7.30. The average molecular weight is 279 g/mol. The highest BCUT2D eigenvalue weighted by molar-refractivity contribution is 5.45. The monoisotopic (exact) mass is 279 g/mol. The van der Waals surface area contributed by atoms with Gasteiger partial charge in [-0.05, 0) is 43.7 Å². The van der Waals surface area contributed by atoms with E-state index in [9.17, 15) is 4.39 Å². The first kappa shape index (κ1) is 13.7. The summed E-state index contributed by atoms with van der Waals surface area (Å²) in [7, 11) is 5.02. The van der Waals surface area contributed by atoms with Crippen molar-refractivity contribution in [2.24, 2.45) is 17.8 Å². The van der Waals surface area contributed by atoms with Crippen LogP contribution in [0, 0.1) is 23.6 Å². The molecule has 0 spiro atoms. The van der Waals surface area contributed by atoms with Crippen LogP contribution in [0.15, 0.2) is 12.1 Å². The average Bonchev–Trinajstić information content (AvgIpc) is 2.93. The van der Waals surface area contributed by atoms with Crippen LogP contribution in [0.4, 0.5) is 4.39 Å². The number of fused-ring (bicyclic) bond motifs is 1. The van der Waals surface area contributed by atoms with Crippen molar-refractivity contribution in [1.29, 1.82) is 0 Å². The normalized spacial score (nSPS) is 28.9. The van der Waals surface area contributed by atoms with Gasteiger partial charge in [-0.25, -0.2) is 4.39 Å². The fourth-order valence-corrected chi connectivity index (χ4v) is 4.03. The van der Waals surface area contributed by atoms with Gasteiger partial charge in [-0.2, -0.15) is 0 Å². The summed E-state index contributed by atoms with van der Waals surface area (Å²) >= 11 is 0. The Hall–Kier alpha value is -1.29. The van der Waals surface area contributed by atoms with Crippen LogP contribution in [0.2, 0.25) is 0 Å². The molecule has 2 fully saturated rings. The quantitative estimate of drug-likeness (QED) is 0.898. The zero-order valence-electron chi connectivity index (χ0n) is 12.3. The molecule has 0 aliphatic heterocycles. The van der Waals surface area contributed by atoms with Gasteiger partial charge in [0.05, 0.1) is 14.2 Å². The van der Waals surface area contributed by atoms with Crippen LogP contribution in [-0.2, 0) is 0 Å². The molecular weight excluding hydrogens is 257 g/mol. The van der Waals surface area contributed by atoms with Crippen LogP contribution in [-0.4, -0.2) is 21.3 Å². The van der Waals surface area contributed by atoms with E-state index in [2.05, 4.69) is 5.32 Å². The second-order valence-electron chi connectivity index (χ2n) is 5.83. The maximum absolute atomic E-state index is 14.4. The van der Waals surface area contributed by atoms with Gasteiger partial charge >= 0.3 is 0 Å². The third-order valence-corrected chi connectivity index (χ3v) is 5.01. The Balaban J connectivity index is 1.91. The van der Waals surface area contributed by atoms with Crippen molar-refractivity contribution in [3.05, 3.63) is 23.5 Å². The third-order valence-electron chi connectivity index (χ3n) is 5.01. The fourth-order valence-electron chi connectivity index (χ4n) is 4.03. The Labute approximate surface area is 119 Å². The number of methoxy groups -OCH3 is 2. The molecule has 1 aromatic rings.